The van der Waals surface area contributed by atoms with E-state index in [4.69, 9.17) is 9.47 Å². The van der Waals surface area contributed by atoms with E-state index in [1.165, 1.54) is 5.01 Å². The molecule has 2 saturated heterocycles. The van der Waals surface area contributed by atoms with Crippen LogP contribution >= 0.6 is 0 Å². The molecule has 1 aromatic carbocycles. The van der Waals surface area contributed by atoms with Crippen LogP contribution in [0, 0.1) is 11.3 Å². The van der Waals surface area contributed by atoms with E-state index in [1.807, 2.05) is 57.2 Å². The molecule has 5 bridgehead atoms. The molecule has 1 spiro atoms. The molecular formula is C32H41N5O6. The summed E-state index contributed by atoms with van der Waals surface area (Å²) in [5, 5.41) is 8.99. The third-order valence-electron chi connectivity index (χ3n) is 8.64. The number of aromatic nitrogens is 1. The van der Waals surface area contributed by atoms with Gasteiger partial charge in [0.25, 0.3) is 5.91 Å². The Morgan fingerprint density at radius 1 is 1.02 bits per heavy atom. The first-order chi connectivity index (χ1) is 20.6. The number of ether oxygens (including phenoxy) is 2. The molecule has 3 amide bonds. The molecule has 0 radical (unpaired) electrons. The number of fused-ring (bicyclic) bond motifs is 4. The summed E-state index contributed by atoms with van der Waals surface area (Å²) in [4.78, 5) is 58.4. The van der Waals surface area contributed by atoms with Gasteiger partial charge in [0.15, 0.2) is 0 Å². The van der Waals surface area contributed by atoms with Crippen LogP contribution in [-0.2, 0) is 28.7 Å². The molecule has 3 aliphatic heterocycles. The van der Waals surface area contributed by atoms with Crippen molar-refractivity contribution in [3.05, 3.63) is 47.8 Å². The van der Waals surface area contributed by atoms with Gasteiger partial charge in [0.2, 0.25) is 11.8 Å². The second kappa shape index (κ2) is 12.8. The van der Waals surface area contributed by atoms with Gasteiger partial charge in [-0.3, -0.25) is 29.2 Å². The molecule has 4 heterocycles. The van der Waals surface area contributed by atoms with E-state index in [0.717, 1.165) is 16.3 Å². The smallest absolute Gasteiger partial charge is 0.325 e. The molecule has 0 saturated carbocycles. The molecule has 2 aromatic rings. The van der Waals surface area contributed by atoms with Gasteiger partial charge in [-0.15, -0.1) is 0 Å². The van der Waals surface area contributed by atoms with Gasteiger partial charge in [0, 0.05) is 31.3 Å². The zero-order valence-corrected chi connectivity index (χ0v) is 25.2. The number of cyclic esters (lactones) is 1. The molecule has 11 heteroatoms. The number of nitrogens with zero attached hydrogens (tertiary/aromatic N) is 2. The zero-order chi connectivity index (χ0) is 30.7. The van der Waals surface area contributed by atoms with Crippen molar-refractivity contribution in [1.29, 1.82) is 0 Å². The monoisotopic (exact) mass is 591 g/mol. The Bertz CT molecular complexity index is 1420. The van der Waals surface area contributed by atoms with E-state index in [-0.39, 0.29) is 17.7 Å². The van der Waals surface area contributed by atoms with E-state index in [1.54, 1.807) is 13.1 Å². The van der Waals surface area contributed by atoms with Gasteiger partial charge in [0.05, 0.1) is 11.1 Å². The Morgan fingerprint density at radius 2 is 1.79 bits per heavy atom. The highest BCUT2D eigenvalue weighted by Crippen LogP contribution is 2.34. The molecule has 43 heavy (non-hydrogen) atoms. The van der Waals surface area contributed by atoms with Crippen molar-refractivity contribution in [2.45, 2.75) is 77.6 Å². The first kappa shape index (κ1) is 30.6. The van der Waals surface area contributed by atoms with E-state index < -0.39 is 41.5 Å². The van der Waals surface area contributed by atoms with Crippen LogP contribution in [0.25, 0.3) is 16.8 Å². The predicted octanol–water partition coefficient (Wildman–Crippen LogP) is 2.80. The summed E-state index contributed by atoms with van der Waals surface area (Å²) in [7, 11) is 0. The summed E-state index contributed by atoms with van der Waals surface area (Å²) in [5.74, 6) is -1.78. The van der Waals surface area contributed by atoms with Crippen LogP contribution in [0.15, 0.2) is 36.5 Å². The third-order valence-corrected chi connectivity index (χ3v) is 8.64. The first-order valence-electron chi connectivity index (χ1n) is 15.1. The molecule has 3 aliphatic rings. The molecule has 0 aliphatic carbocycles. The Balaban J connectivity index is 1.53. The van der Waals surface area contributed by atoms with Gasteiger partial charge in [-0.05, 0) is 74.6 Å². The summed E-state index contributed by atoms with van der Waals surface area (Å²) < 4.78 is 11.4. The normalized spacial score (nSPS) is 28.0. The lowest BCUT2D eigenvalue weighted by Crippen LogP contribution is -2.61. The number of hydrazine groups is 1. The lowest BCUT2D eigenvalue weighted by Gasteiger charge is -2.36. The van der Waals surface area contributed by atoms with Crippen molar-refractivity contribution in [2.75, 3.05) is 19.8 Å². The minimum atomic E-state index is -0.889. The topological polar surface area (TPSA) is 139 Å². The van der Waals surface area contributed by atoms with Crippen LogP contribution in [0.5, 0.6) is 0 Å². The quantitative estimate of drug-likeness (QED) is 0.431. The number of nitrogens with one attached hydrogen (secondary N) is 3. The summed E-state index contributed by atoms with van der Waals surface area (Å²) in [6, 6.07) is 5.32. The third kappa shape index (κ3) is 6.73. The molecule has 11 nitrogen and oxygen atoms in total. The van der Waals surface area contributed by atoms with Crippen LogP contribution in [0.2, 0.25) is 0 Å². The van der Waals surface area contributed by atoms with E-state index in [9.17, 15) is 19.2 Å². The highest BCUT2D eigenvalue weighted by molar-refractivity contribution is 5.94. The number of carbonyl (C=O) groups excluding carboxylic acids is 4. The van der Waals surface area contributed by atoms with E-state index in [0.29, 0.717) is 51.1 Å². The summed E-state index contributed by atoms with van der Waals surface area (Å²) >= 11 is 0. The standard InChI is InChI=1S/C32H41N5O6/c1-19(2)27-28(38)34-20(3)29(39)37-13-5-6-26(36-37)30(40)43-21(4)22-7-8-23-18-33-25(17-24(23)16-22)9-10-32(31(41)35-27)11-14-42-15-12-32/h7-10,16-21,26-27,36H,5-6,11-15H2,1-4H3,(H,34,38)(H,35,41)/b10-9+/t20-,21+,26-,27-/m0/s1. The number of carbonyl (C=O) groups is 4. The lowest BCUT2D eigenvalue weighted by molar-refractivity contribution is -0.157. The highest BCUT2D eigenvalue weighted by Gasteiger charge is 2.41. The molecule has 3 N–H and O–H groups in total. The van der Waals surface area contributed by atoms with Gasteiger partial charge in [-0.2, -0.15) is 0 Å². The molecule has 5 rings (SSSR count). The Kier molecular flexibility index (Phi) is 9.12. The van der Waals surface area contributed by atoms with Gasteiger partial charge in [-0.25, -0.2) is 5.43 Å². The number of rotatable bonds is 1. The number of pyridine rings is 1. The Labute approximate surface area is 251 Å². The molecule has 4 atom stereocenters. The van der Waals surface area contributed by atoms with Gasteiger partial charge in [0.1, 0.15) is 24.2 Å². The summed E-state index contributed by atoms with van der Waals surface area (Å²) in [6.07, 6.45) is 7.00. The predicted molar refractivity (Wildman–Crippen MR) is 160 cm³/mol. The van der Waals surface area contributed by atoms with E-state index in [2.05, 4.69) is 21.0 Å². The van der Waals surface area contributed by atoms with Crippen LogP contribution in [-0.4, -0.2) is 71.6 Å². The minimum absolute atomic E-state index is 0.237. The fourth-order valence-electron chi connectivity index (χ4n) is 5.83. The summed E-state index contributed by atoms with van der Waals surface area (Å²) in [6.45, 7) is 8.33. The maximum Gasteiger partial charge on any atom is 0.325 e. The molecular weight excluding hydrogens is 550 g/mol. The molecule has 230 valence electrons. The maximum absolute atomic E-state index is 13.9. The molecule has 1 aromatic heterocycles. The zero-order valence-electron chi connectivity index (χ0n) is 25.2. The van der Waals surface area contributed by atoms with E-state index >= 15 is 0 Å². The van der Waals surface area contributed by atoms with Crippen molar-refractivity contribution < 1.29 is 28.7 Å². The summed E-state index contributed by atoms with van der Waals surface area (Å²) in [5.41, 5.74) is 3.62. The average Bonchev–Trinajstić information content (AvgIpc) is 3.01. The fraction of sp³-hybridized carbons (Fsp3) is 0.531. The maximum atomic E-state index is 13.9. The number of amides is 3. The van der Waals surface area contributed by atoms with Crippen molar-refractivity contribution in [3.8, 4) is 0 Å². The van der Waals surface area contributed by atoms with Crippen molar-refractivity contribution >= 4 is 40.5 Å². The SMILES string of the molecule is CC(C)[C@@H]1NC(=O)C2(/C=C/c3cc4cc(ccc4cn3)[C@@H](C)OC(=O)[C@@H]3CCCN(N3)C(=O)[C@H](C)NC1=O)CCOCC2. The average molecular weight is 592 g/mol. The van der Waals surface area contributed by atoms with Crippen molar-refractivity contribution in [3.63, 3.8) is 0 Å². The highest BCUT2D eigenvalue weighted by atomic mass is 16.5. The fourth-order valence-corrected chi connectivity index (χ4v) is 5.83. The molecule has 2 fully saturated rings. The van der Waals surface area contributed by atoms with Crippen LogP contribution in [0.4, 0.5) is 0 Å². The number of esters is 1. The number of hydrogen-bond donors (Lipinski definition) is 3. The second-order valence-electron chi connectivity index (χ2n) is 12.1. The Morgan fingerprint density at radius 3 is 2.53 bits per heavy atom. The van der Waals surface area contributed by atoms with Crippen LogP contribution in [0.1, 0.15) is 70.7 Å². The lowest BCUT2D eigenvalue weighted by atomic mass is 9.78. The van der Waals surface area contributed by atoms with Crippen LogP contribution in [0.3, 0.4) is 0 Å². The largest absolute Gasteiger partial charge is 0.457 e. The molecule has 0 unspecified atom stereocenters. The number of hydrogen-bond acceptors (Lipinski definition) is 8. The first-order valence-corrected chi connectivity index (χ1v) is 15.1. The van der Waals surface area contributed by atoms with Crippen molar-refractivity contribution in [1.82, 2.24) is 26.1 Å². The van der Waals surface area contributed by atoms with Crippen LogP contribution < -0.4 is 16.1 Å². The second-order valence-corrected chi connectivity index (χ2v) is 12.1. The minimum Gasteiger partial charge on any atom is -0.457 e. The van der Waals surface area contributed by atoms with Gasteiger partial charge >= 0.3 is 5.97 Å². The Hall–Kier alpha value is -3.83. The van der Waals surface area contributed by atoms with Gasteiger partial charge < -0.3 is 20.1 Å². The van der Waals surface area contributed by atoms with Gasteiger partial charge in [-0.1, -0.05) is 32.1 Å². The van der Waals surface area contributed by atoms with Crippen molar-refractivity contribution in [2.24, 2.45) is 11.3 Å². The number of benzene rings is 1.